The minimum atomic E-state index is -0.500. The van der Waals surface area contributed by atoms with Gasteiger partial charge in [0.15, 0.2) is 0 Å². The molecule has 1 aromatic rings. The van der Waals surface area contributed by atoms with Crippen molar-refractivity contribution < 1.29 is 4.92 Å². The number of nitrogen functional groups attached to an aromatic ring is 1. The van der Waals surface area contributed by atoms with Crippen LogP contribution in [0.1, 0.15) is 32.6 Å². The Balaban J connectivity index is 2.04. The Morgan fingerprint density at radius 2 is 2.16 bits per heavy atom. The van der Waals surface area contributed by atoms with Crippen molar-refractivity contribution in [3.05, 3.63) is 22.2 Å². The minimum Gasteiger partial charge on any atom is -0.378 e. The lowest BCUT2D eigenvalue weighted by Crippen LogP contribution is -2.34. The lowest BCUT2D eigenvalue weighted by atomic mass is 9.92. The first-order chi connectivity index (χ1) is 9.11. The maximum atomic E-state index is 10.7. The smallest absolute Gasteiger partial charge is 0.311 e. The molecule has 6 heteroatoms. The molecular weight excluding hydrogens is 244 g/mol. The average molecular weight is 264 g/mol. The van der Waals surface area contributed by atoms with Gasteiger partial charge in [0.2, 0.25) is 5.82 Å². The number of anilines is 2. The van der Waals surface area contributed by atoms with Crippen LogP contribution in [-0.4, -0.2) is 23.0 Å². The summed E-state index contributed by atoms with van der Waals surface area (Å²) in [5, 5.41) is 10.7. The topological polar surface area (TPSA) is 85.3 Å². The molecular formula is C13H20N4O2. The van der Waals surface area contributed by atoms with Crippen LogP contribution in [0, 0.1) is 16.0 Å². The molecule has 1 fully saturated rings. The van der Waals surface area contributed by atoms with Crippen LogP contribution in [0.15, 0.2) is 12.1 Å². The van der Waals surface area contributed by atoms with E-state index in [4.69, 9.17) is 5.73 Å². The quantitative estimate of drug-likeness (QED) is 0.667. The SMILES string of the molecule is CCCC1CCN(c2ccc([N+](=O)[O-])c(N)n2)CC1. The number of pyridine rings is 1. The zero-order valence-electron chi connectivity index (χ0n) is 11.2. The lowest BCUT2D eigenvalue weighted by molar-refractivity contribution is -0.384. The van der Waals surface area contributed by atoms with Gasteiger partial charge in [-0.3, -0.25) is 10.1 Å². The zero-order chi connectivity index (χ0) is 13.8. The molecule has 1 aromatic heterocycles. The van der Waals surface area contributed by atoms with Gasteiger partial charge in [0.25, 0.3) is 0 Å². The highest BCUT2D eigenvalue weighted by atomic mass is 16.6. The largest absolute Gasteiger partial charge is 0.378 e. The Hall–Kier alpha value is -1.85. The molecule has 0 aliphatic carbocycles. The van der Waals surface area contributed by atoms with Gasteiger partial charge in [-0.05, 0) is 24.8 Å². The summed E-state index contributed by atoms with van der Waals surface area (Å²) in [4.78, 5) is 16.5. The summed E-state index contributed by atoms with van der Waals surface area (Å²) in [7, 11) is 0. The van der Waals surface area contributed by atoms with E-state index in [1.165, 1.54) is 18.9 Å². The fraction of sp³-hybridized carbons (Fsp3) is 0.615. The van der Waals surface area contributed by atoms with E-state index >= 15 is 0 Å². The van der Waals surface area contributed by atoms with Crippen molar-refractivity contribution in [3.63, 3.8) is 0 Å². The number of piperidine rings is 1. The van der Waals surface area contributed by atoms with E-state index in [2.05, 4.69) is 16.8 Å². The Morgan fingerprint density at radius 3 is 2.68 bits per heavy atom. The molecule has 19 heavy (non-hydrogen) atoms. The maximum absolute atomic E-state index is 10.7. The van der Waals surface area contributed by atoms with Crippen LogP contribution in [0.3, 0.4) is 0 Å². The van der Waals surface area contributed by atoms with Gasteiger partial charge in [-0.2, -0.15) is 0 Å². The van der Waals surface area contributed by atoms with Crippen molar-refractivity contribution in [2.75, 3.05) is 23.7 Å². The average Bonchev–Trinajstić information content (AvgIpc) is 2.39. The summed E-state index contributed by atoms with van der Waals surface area (Å²) in [6.45, 7) is 4.12. The molecule has 2 rings (SSSR count). The van der Waals surface area contributed by atoms with Crippen LogP contribution in [0.2, 0.25) is 0 Å². The molecule has 0 unspecified atom stereocenters. The molecule has 0 atom stereocenters. The van der Waals surface area contributed by atoms with Gasteiger partial charge in [0, 0.05) is 19.2 Å². The molecule has 2 heterocycles. The molecule has 1 aliphatic heterocycles. The summed E-state index contributed by atoms with van der Waals surface area (Å²) in [6, 6.07) is 3.13. The van der Waals surface area contributed by atoms with Crippen LogP contribution in [0.25, 0.3) is 0 Å². The molecule has 0 radical (unpaired) electrons. The van der Waals surface area contributed by atoms with Gasteiger partial charge in [0.05, 0.1) is 4.92 Å². The predicted molar refractivity (Wildman–Crippen MR) is 75.1 cm³/mol. The van der Waals surface area contributed by atoms with Crippen molar-refractivity contribution in [1.82, 2.24) is 4.98 Å². The van der Waals surface area contributed by atoms with E-state index in [9.17, 15) is 10.1 Å². The third-order valence-corrected chi connectivity index (χ3v) is 3.72. The highest BCUT2D eigenvalue weighted by Crippen LogP contribution is 2.27. The standard InChI is InChI=1S/C13H20N4O2/c1-2-3-10-6-8-16(9-7-10)12-5-4-11(17(18)19)13(14)15-12/h4-5,10H,2-3,6-9H2,1H3,(H2,14,15). The predicted octanol–water partition coefficient (Wildman–Crippen LogP) is 2.59. The molecule has 0 bridgehead atoms. The monoisotopic (exact) mass is 264 g/mol. The summed E-state index contributed by atoms with van der Waals surface area (Å²) >= 11 is 0. The molecule has 0 aromatic carbocycles. The maximum Gasteiger partial charge on any atom is 0.311 e. The fourth-order valence-corrected chi connectivity index (χ4v) is 2.65. The van der Waals surface area contributed by atoms with E-state index in [0.29, 0.717) is 0 Å². The number of nitrogens with two attached hydrogens (primary N) is 1. The molecule has 2 N–H and O–H groups in total. The Bertz CT molecular complexity index is 456. The second-order valence-electron chi connectivity index (χ2n) is 5.05. The molecule has 6 nitrogen and oxygen atoms in total. The number of rotatable bonds is 4. The minimum absolute atomic E-state index is 0.00168. The number of aromatic nitrogens is 1. The van der Waals surface area contributed by atoms with Crippen LogP contribution in [-0.2, 0) is 0 Å². The first-order valence-electron chi connectivity index (χ1n) is 6.77. The molecule has 0 spiro atoms. The first kappa shape index (κ1) is 13.6. The fourth-order valence-electron chi connectivity index (χ4n) is 2.65. The second-order valence-corrected chi connectivity index (χ2v) is 5.05. The molecule has 1 aliphatic rings. The molecule has 0 saturated carbocycles. The Kier molecular flexibility index (Phi) is 4.19. The van der Waals surface area contributed by atoms with E-state index < -0.39 is 4.92 Å². The Labute approximate surface area is 112 Å². The van der Waals surface area contributed by atoms with E-state index in [-0.39, 0.29) is 11.5 Å². The van der Waals surface area contributed by atoms with Crippen molar-refractivity contribution >= 4 is 17.3 Å². The van der Waals surface area contributed by atoms with Crippen LogP contribution >= 0.6 is 0 Å². The van der Waals surface area contributed by atoms with Crippen LogP contribution in [0.5, 0.6) is 0 Å². The lowest BCUT2D eigenvalue weighted by Gasteiger charge is -2.32. The van der Waals surface area contributed by atoms with Crippen molar-refractivity contribution in [3.8, 4) is 0 Å². The van der Waals surface area contributed by atoms with Crippen LogP contribution < -0.4 is 10.6 Å². The number of hydrogen-bond acceptors (Lipinski definition) is 5. The summed E-state index contributed by atoms with van der Waals surface area (Å²) in [5.74, 6) is 1.55. The van der Waals surface area contributed by atoms with Gasteiger partial charge in [-0.25, -0.2) is 4.98 Å². The number of hydrogen-bond donors (Lipinski definition) is 1. The Morgan fingerprint density at radius 1 is 1.47 bits per heavy atom. The van der Waals surface area contributed by atoms with Crippen molar-refractivity contribution in [2.45, 2.75) is 32.6 Å². The molecule has 1 saturated heterocycles. The van der Waals surface area contributed by atoms with E-state index in [1.54, 1.807) is 6.07 Å². The third-order valence-electron chi connectivity index (χ3n) is 3.72. The number of nitro groups is 1. The molecule has 0 amide bonds. The molecule has 104 valence electrons. The number of nitrogens with zero attached hydrogens (tertiary/aromatic N) is 3. The van der Waals surface area contributed by atoms with Crippen molar-refractivity contribution in [2.24, 2.45) is 5.92 Å². The highest BCUT2D eigenvalue weighted by Gasteiger charge is 2.21. The normalized spacial score (nSPS) is 16.6. The van der Waals surface area contributed by atoms with Gasteiger partial charge in [-0.1, -0.05) is 19.8 Å². The van der Waals surface area contributed by atoms with E-state index in [1.807, 2.05) is 0 Å². The first-order valence-corrected chi connectivity index (χ1v) is 6.77. The third kappa shape index (κ3) is 3.13. The summed E-state index contributed by atoms with van der Waals surface area (Å²) < 4.78 is 0. The van der Waals surface area contributed by atoms with Gasteiger partial charge in [0.1, 0.15) is 5.82 Å². The van der Waals surface area contributed by atoms with Gasteiger partial charge in [-0.15, -0.1) is 0 Å². The van der Waals surface area contributed by atoms with Crippen molar-refractivity contribution in [1.29, 1.82) is 0 Å². The van der Waals surface area contributed by atoms with Gasteiger partial charge < -0.3 is 10.6 Å². The van der Waals surface area contributed by atoms with Crippen LogP contribution in [0.4, 0.5) is 17.3 Å². The van der Waals surface area contributed by atoms with E-state index in [0.717, 1.165) is 37.7 Å². The highest BCUT2D eigenvalue weighted by molar-refractivity contribution is 5.58. The van der Waals surface area contributed by atoms with Gasteiger partial charge >= 0.3 is 5.69 Å². The summed E-state index contributed by atoms with van der Waals surface area (Å²) in [5.41, 5.74) is 5.50. The summed E-state index contributed by atoms with van der Waals surface area (Å²) in [6.07, 6.45) is 4.83. The zero-order valence-corrected chi connectivity index (χ0v) is 11.2. The second kappa shape index (κ2) is 5.86.